The maximum Gasteiger partial charge on any atom is 0.234 e. The maximum absolute atomic E-state index is 12.5. The third kappa shape index (κ3) is 4.75. The molecule has 0 aliphatic carbocycles. The highest BCUT2D eigenvalue weighted by Gasteiger charge is 2.30. The van der Waals surface area contributed by atoms with E-state index in [1.165, 1.54) is 0 Å². The monoisotopic (exact) mass is 359 g/mol. The molecule has 2 aliphatic rings. The molecular formula is C20H29N3O3. The summed E-state index contributed by atoms with van der Waals surface area (Å²) in [6.45, 7) is 4.32. The Morgan fingerprint density at radius 3 is 2.50 bits per heavy atom. The summed E-state index contributed by atoms with van der Waals surface area (Å²) in [7, 11) is 1.63. The van der Waals surface area contributed by atoms with Crippen LogP contribution in [0.3, 0.4) is 0 Å². The summed E-state index contributed by atoms with van der Waals surface area (Å²) < 4.78 is 5.31. The number of hydrogen-bond acceptors (Lipinski definition) is 4. The van der Waals surface area contributed by atoms with E-state index in [4.69, 9.17) is 4.74 Å². The van der Waals surface area contributed by atoms with Gasteiger partial charge in [-0.1, -0.05) is 18.2 Å². The minimum absolute atomic E-state index is 0.0141. The molecule has 26 heavy (non-hydrogen) atoms. The minimum Gasteiger partial charge on any atom is -0.496 e. The standard InChI is InChI=1S/C20H29N3O3/c1-26-18-7-3-2-6-17(18)14-21-19(24)15-22-12-8-16(9-13-22)20(25)23-10-4-5-11-23/h2-3,6-7,16H,4-5,8-15H2,1H3,(H,21,24). The molecule has 0 atom stereocenters. The fraction of sp³-hybridized carbons (Fsp3) is 0.600. The van der Waals surface area contributed by atoms with Crippen molar-refractivity contribution >= 4 is 11.8 Å². The SMILES string of the molecule is COc1ccccc1CNC(=O)CN1CCC(C(=O)N2CCCC2)CC1. The molecule has 2 saturated heterocycles. The number of methoxy groups -OCH3 is 1. The molecule has 6 nitrogen and oxygen atoms in total. The number of piperidine rings is 1. The Hall–Kier alpha value is -2.08. The van der Waals surface area contributed by atoms with Gasteiger partial charge in [0, 0.05) is 31.1 Å². The Morgan fingerprint density at radius 1 is 1.12 bits per heavy atom. The first kappa shape index (κ1) is 18.7. The molecule has 142 valence electrons. The summed E-state index contributed by atoms with van der Waals surface area (Å²) in [5.74, 6) is 1.26. The van der Waals surface area contributed by atoms with E-state index in [1.54, 1.807) is 7.11 Å². The number of para-hydroxylation sites is 1. The van der Waals surface area contributed by atoms with Crippen LogP contribution in [0.5, 0.6) is 5.75 Å². The zero-order valence-electron chi connectivity index (χ0n) is 15.6. The van der Waals surface area contributed by atoms with E-state index in [2.05, 4.69) is 10.2 Å². The van der Waals surface area contributed by atoms with Gasteiger partial charge in [-0.25, -0.2) is 0 Å². The minimum atomic E-state index is 0.0141. The quantitative estimate of drug-likeness (QED) is 0.839. The van der Waals surface area contributed by atoms with Crippen LogP contribution in [0.2, 0.25) is 0 Å². The number of ether oxygens (including phenoxy) is 1. The molecule has 0 radical (unpaired) electrons. The molecule has 6 heteroatoms. The summed E-state index contributed by atoms with van der Waals surface area (Å²) in [4.78, 5) is 28.9. The van der Waals surface area contributed by atoms with Crippen molar-refractivity contribution in [2.24, 2.45) is 5.92 Å². The number of carbonyl (C=O) groups is 2. The fourth-order valence-electron chi connectivity index (χ4n) is 3.84. The Morgan fingerprint density at radius 2 is 1.81 bits per heavy atom. The highest BCUT2D eigenvalue weighted by Crippen LogP contribution is 2.22. The molecule has 0 unspecified atom stereocenters. The molecule has 0 saturated carbocycles. The predicted molar refractivity (Wildman–Crippen MR) is 99.8 cm³/mol. The number of nitrogens with one attached hydrogen (secondary N) is 1. The molecule has 0 bridgehead atoms. The van der Waals surface area contributed by atoms with Crippen LogP contribution in [0.1, 0.15) is 31.2 Å². The molecule has 2 heterocycles. The van der Waals surface area contributed by atoms with Gasteiger partial charge in [0.2, 0.25) is 11.8 Å². The molecule has 2 amide bonds. The molecule has 2 aliphatic heterocycles. The second-order valence-electron chi connectivity index (χ2n) is 7.17. The lowest BCUT2D eigenvalue weighted by atomic mass is 9.95. The third-order valence-corrected chi connectivity index (χ3v) is 5.39. The van der Waals surface area contributed by atoms with Crippen molar-refractivity contribution in [3.8, 4) is 5.75 Å². The molecular weight excluding hydrogens is 330 g/mol. The highest BCUT2D eigenvalue weighted by molar-refractivity contribution is 5.79. The second kappa shape index (κ2) is 9.03. The first-order valence-electron chi connectivity index (χ1n) is 9.57. The van der Waals surface area contributed by atoms with E-state index in [-0.39, 0.29) is 11.8 Å². The first-order valence-corrected chi connectivity index (χ1v) is 9.57. The van der Waals surface area contributed by atoms with Crippen molar-refractivity contribution in [2.45, 2.75) is 32.2 Å². The van der Waals surface area contributed by atoms with E-state index >= 15 is 0 Å². The van der Waals surface area contributed by atoms with Gasteiger partial charge in [-0.2, -0.15) is 0 Å². The van der Waals surface area contributed by atoms with Crippen LogP contribution in [-0.2, 0) is 16.1 Å². The van der Waals surface area contributed by atoms with Crippen LogP contribution >= 0.6 is 0 Å². The summed E-state index contributed by atoms with van der Waals surface area (Å²) in [5.41, 5.74) is 0.971. The summed E-state index contributed by atoms with van der Waals surface area (Å²) in [6.07, 6.45) is 3.98. The van der Waals surface area contributed by atoms with Gasteiger partial charge in [-0.3, -0.25) is 14.5 Å². The molecule has 0 aromatic heterocycles. The van der Waals surface area contributed by atoms with Gasteiger partial charge in [0.05, 0.1) is 13.7 Å². The number of nitrogens with zero attached hydrogens (tertiary/aromatic N) is 2. The predicted octanol–water partition coefficient (Wildman–Crippen LogP) is 1.65. The Labute approximate surface area is 155 Å². The number of rotatable bonds is 6. The number of hydrogen-bond donors (Lipinski definition) is 1. The van der Waals surface area contributed by atoms with Crippen LogP contribution in [0.15, 0.2) is 24.3 Å². The van der Waals surface area contributed by atoms with Gasteiger partial charge < -0.3 is 15.0 Å². The van der Waals surface area contributed by atoms with Crippen molar-refractivity contribution in [1.29, 1.82) is 0 Å². The van der Waals surface area contributed by atoms with Crippen molar-refractivity contribution in [1.82, 2.24) is 15.1 Å². The number of carbonyl (C=O) groups excluding carboxylic acids is 2. The lowest BCUT2D eigenvalue weighted by Gasteiger charge is -2.32. The maximum atomic E-state index is 12.5. The summed E-state index contributed by atoms with van der Waals surface area (Å²) >= 11 is 0. The lowest BCUT2D eigenvalue weighted by Crippen LogP contribution is -2.44. The second-order valence-corrected chi connectivity index (χ2v) is 7.17. The Kier molecular flexibility index (Phi) is 6.50. The Balaban J connectivity index is 1.40. The van der Waals surface area contributed by atoms with Crippen LogP contribution < -0.4 is 10.1 Å². The van der Waals surface area contributed by atoms with Crippen molar-refractivity contribution in [2.75, 3.05) is 39.8 Å². The van der Waals surface area contributed by atoms with Gasteiger partial charge >= 0.3 is 0 Å². The zero-order valence-corrected chi connectivity index (χ0v) is 15.6. The van der Waals surface area contributed by atoms with Gasteiger partial charge in [-0.05, 0) is 44.8 Å². The van der Waals surface area contributed by atoms with Crippen LogP contribution in [-0.4, -0.2) is 61.4 Å². The average Bonchev–Trinajstić information content (AvgIpc) is 3.21. The first-order chi connectivity index (χ1) is 12.7. The van der Waals surface area contributed by atoms with Gasteiger partial charge in [-0.15, -0.1) is 0 Å². The van der Waals surface area contributed by atoms with E-state index < -0.39 is 0 Å². The normalized spacial score (nSPS) is 18.7. The van der Waals surface area contributed by atoms with Crippen LogP contribution in [0, 0.1) is 5.92 Å². The van der Waals surface area contributed by atoms with E-state index in [0.717, 1.165) is 63.2 Å². The summed E-state index contributed by atoms with van der Waals surface area (Å²) in [6, 6.07) is 7.70. The van der Waals surface area contributed by atoms with E-state index in [0.29, 0.717) is 19.0 Å². The topological polar surface area (TPSA) is 61.9 Å². The highest BCUT2D eigenvalue weighted by atomic mass is 16.5. The van der Waals surface area contributed by atoms with Gasteiger partial charge in [0.15, 0.2) is 0 Å². The molecule has 2 fully saturated rings. The summed E-state index contributed by atoms with van der Waals surface area (Å²) in [5, 5.41) is 2.96. The van der Waals surface area contributed by atoms with Crippen molar-refractivity contribution < 1.29 is 14.3 Å². The third-order valence-electron chi connectivity index (χ3n) is 5.39. The fourth-order valence-corrected chi connectivity index (χ4v) is 3.84. The molecule has 1 aromatic rings. The Bertz CT molecular complexity index is 620. The average molecular weight is 359 g/mol. The number of benzene rings is 1. The molecule has 0 spiro atoms. The number of amides is 2. The largest absolute Gasteiger partial charge is 0.496 e. The zero-order chi connectivity index (χ0) is 18.4. The van der Waals surface area contributed by atoms with Crippen LogP contribution in [0.25, 0.3) is 0 Å². The van der Waals surface area contributed by atoms with Gasteiger partial charge in [0.25, 0.3) is 0 Å². The lowest BCUT2D eigenvalue weighted by molar-refractivity contribution is -0.136. The van der Waals surface area contributed by atoms with Crippen molar-refractivity contribution in [3.05, 3.63) is 29.8 Å². The molecule has 1 N–H and O–H groups in total. The van der Waals surface area contributed by atoms with Gasteiger partial charge in [0.1, 0.15) is 5.75 Å². The number of likely N-dealkylation sites (tertiary alicyclic amines) is 2. The van der Waals surface area contributed by atoms with E-state index in [9.17, 15) is 9.59 Å². The molecule has 1 aromatic carbocycles. The van der Waals surface area contributed by atoms with Crippen molar-refractivity contribution in [3.63, 3.8) is 0 Å². The van der Waals surface area contributed by atoms with Crippen LogP contribution in [0.4, 0.5) is 0 Å². The molecule has 3 rings (SSSR count). The smallest absolute Gasteiger partial charge is 0.234 e. The van der Waals surface area contributed by atoms with E-state index in [1.807, 2.05) is 29.2 Å².